The van der Waals surface area contributed by atoms with Crippen molar-refractivity contribution in [1.29, 1.82) is 0 Å². The molecule has 1 fully saturated rings. The zero-order chi connectivity index (χ0) is 12.3. The van der Waals surface area contributed by atoms with Crippen LogP contribution in [0.2, 0.25) is 0 Å². The Labute approximate surface area is 98.6 Å². The van der Waals surface area contributed by atoms with Gasteiger partial charge in [0.05, 0.1) is 18.2 Å². The Kier molecular flexibility index (Phi) is 4.19. The summed E-state index contributed by atoms with van der Waals surface area (Å²) in [5, 5.41) is 0. The van der Waals surface area contributed by atoms with Crippen LogP contribution in [0.3, 0.4) is 0 Å². The number of rotatable bonds is 3. The van der Waals surface area contributed by atoms with Gasteiger partial charge in [-0.1, -0.05) is 0 Å². The number of amidine groups is 1. The second kappa shape index (κ2) is 5.04. The molecule has 94 valence electrons. The second-order valence-electron chi connectivity index (χ2n) is 5.50. The maximum absolute atomic E-state index is 5.76. The van der Waals surface area contributed by atoms with Gasteiger partial charge >= 0.3 is 0 Å². The van der Waals surface area contributed by atoms with Crippen molar-refractivity contribution in [3.05, 3.63) is 0 Å². The quantitative estimate of drug-likeness (QED) is 0.740. The van der Waals surface area contributed by atoms with Gasteiger partial charge < -0.3 is 14.4 Å². The minimum absolute atomic E-state index is 0.0984. The summed E-state index contributed by atoms with van der Waals surface area (Å²) in [4.78, 5) is 6.48. The molecular formula is C12H24N2O2. The smallest absolute Gasteiger partial charge is 0.287 e. The zero-order valence-corrected chi connectivity index (χ0v) is 11.3. The first-order valence-corrected chi connectivity index (χ1v) is 5.87. The number of nitrogens with zero attached hydrogens (tertiary/aromatic N) is 2. The molecule has 0 saturated carbocycles. The van der Waals surface area contributed by atoms with Gasteiger partial charge in [0, 0.05) is 13.1 Å². The van der Waals surface area contributed by atoms with Gasteiger partial charge in [-0.25, -0.2) is 4.99 Å². The van der Waals surface area contributed by atoms with Crippen LogP contribution in [0.5, 0.6) is 0 Å². The third-order valence-corrected chi connectivity index (χ3v) is 2.33. The minimum atomic E-state index is -0.0984. The normalized spacial score (nSPS) is 24.3. The Morgan fingerprint density at radius 3 is 2.62 bits per heavy atom. The van der Waals surface area contributed by atoms with E-state index in [0.717, 1.165) is 6.02 Å². The summed E-state index contributed by atoms with van der Waals surface area (Å²) >= 11 is 0. The lowest BCUT2D eigenvalue weighted by molar-refractivity contribution is -0.0220. The fourth-order valence-corrected chi connectivity index (χ4v) is 1.40. The predicted octanol–water partition coefficient (Wildman–Crippen LogP) is 1.90. The lowest BCUT2D eigenvalue weighted by Crippen LogP contribution is -2.37. The van der Waals surface area contributed by atoms with Crippen molar-refractivity contribution in [1.82, 2.24) is 4.90 Å². The van der Waals surface area contributed by atoms with E-state index in [4.69, 9.17) is 9.47 Å². The zero-order valence-electron chi connectivity index (χ0n) is 11.3. The molecule has 1 saturated heterocycles. The summed E-state index contributed by atoms with van der Waals surface area (Å²) in [6.07, 6.45) is 0. The molecule has 0 bridgehead atoms. The average molecular weight is 228 g/mol. The molecule has 0 amide bonds. The summed E-state index contributed by atoms with van der Waals surface area (Å²) in [7, 11) is 2.00. The maximum Gasteiger partial charge on any atom is 0.287 e. The molecule has 1 aliphatic rings. The summed E-state index contributed by atoms with van der Waals surface area (Å²) in [5.41, 5.74) is -0.0984. The van der Waals surface area contributed by atoms with Crippen LogP contribution >= 0.6 is 0 Å². The highest BCUT2D eigenvalue weighted by atomic mass is 16.5. The molecule has 1 rings (SSSR count). The van der Waals surface area contributed by atoms with Crippen molar-refractivity contribution in [2.45, 2.75) is 52.3 Å². The highest BCUT2D eigenvalue weighted by molar-refractivity contribution is 5.75. The van der Waals surface area contributed by atoms with Crippen LogP contribution in [0.25, 0.3) is 0 Å². The summed E-state index contributed by atoms with van der Waals surface area (Å²) < 4.78 is 11.3. The molecule has 4 heteroatoms. The van der Waals surface area contributed by atoms with E-state index in [9.17, 15) is 0 Å². The Hall–Kier alpha value is -0.770. The minimum Gasteiger partial charge on any atom is -0.463 e. The van der Waals surface area contributed by atoms with Gasteiger partial charge in [0.25, 0.3) is 6.02 Å². The fourth-order valence-electron chi connectivity index (χ4n) is 1.40. The molecule has 1 heterocycles. The van der Waals surface area contributed by atoms with Crippen LogP contribution in [-0.2, 0) is 9.47 Å². The molecule has 0 spiro atoms. The summed E-state index contributed by atoms with van der Waals surface area (Å²) in [6, 6.07) is 1.27. The Balaban J connectivity index is 2.48. The molecule has 0 aromatic carbocycles. The van der Waals surface area contributed by atoms with Gasteiger partial charge in [-0.3, -0.25) is 0 Å². The predicted molar refractivity (Wildman–Crippen MR) is 65.8 cm³/mol. The summed E-state index contributed by atoms with van der Waals surface area (Å²) in [6.45, 7) is 11.6. The molecule has 0 N–H and O–H groups in total. The Morgan fingerprint density at radius 1 is 1.50 bits per heavy atom. The second-order valence-corrected chi connectivity index (χ2v) is 5.50. The van der Waals surface area contributed by atoms with Crippen LogP contribution in [0, 0.1) is 0 Å². The van der Waals surface area contributed by atoms with Crippen molar-refractivity contribution in [2.75, 3.05) is 20.3 Å². The third-order valence-electron chi connectivity index (χ3n) is 2.33. The molecule has 16 heavy (non-hydrogen) atoms. The van der Waals surface area contributed by atoms with Gasteiger partial charge in [0.15, 0.2) is 0 Å². The van der Waals surface area contributed by atoms with Gasteiger partial charge in [-0.15, -0.1) is 0 Å². The van der Waals surface area contributed by atoms with Gasteiger partial charge in [0.1, 0.15) is 6.61 Å². The maximum atomic E-state index is 5.76. The first-order valence-electron chi connectivity index (χ1n) is 5.87. The van der Waals surface area contributed by atoms with E-state index >= 15 is 0 Å². The molecule has 1 atom stereocenters. The van der Waals surface area contributed by atoms with E-state index in [2.05, 4.69) is 30.7 Å². The molecule has 0 aromatic rings. The first kappa shape index (κ1) is 13.3. The van der Waals surface area contributed by atoms with Crippen molar-refractivity contribution < 1.29 is 9.47 Å². The molecule has 4 nitrogen and oxygen atoms in total. The SMILES string of the molecule is CC(C)N=C1OC[C@H](COC(C)(C)C)N1C. The standard InChI is InChI=1S/C12H24N2O2/c1-9(2)13-11-14(6)10(7-15-11)8-16-12(3,4)5/h9-10H,7-8H2,1-6H3/t10-/m1/s1. The fraction of sp³-hybridized carbons (Fsp3) is 0.917. The average Bonchev–Trinajstić information content (AvgIpc) is 2.43. The largest absolute Gasteiger partial charge is 0.463 e. The lowest BCUT2D eigenvalue weighted by atomic mass is 10.2. The van der Waals surface area contributed by atoms with Gasteiger partial charge in [-0.05, 0) is 34.6 Å². The third kappa shape index (κ3) is 4.00. The van der Waals surface area contributed by atoms with E-state index in [-0.39, 0.29) is 17.7 Å². The number of aliphatic imine (C=N–C) groups is 1. The Morgan fingerprint density at radius 2 is 2.12 bits per heavy atom. The number of hydrogen-bond donors (Lipinski definition) is 0. The van der Waals surface area contributed by atoms with Crippen molar-refractivity contribution in [2.24, 2.45) is 4.99 Å². The Bertz CT molecular complexity index is 256. The number of hydrogen-bond acceptors (Lipinski definition) is 3. The van der Waals surface area contributed by atoms with Crippen molar-refractivity contribution in [3.8, 4) is 0 Å². The van der Waals surface area contributed by atoms with Gasteiger partial charge in [0.2, 0.25) is 0 Å². The van der Waals surface area contributed by atoms with E-state index in [0.29, 0.717) is 13.2 Å². The van der Waals surface area contributed by atoms with E-state index in [1.54, 1.807) is 0 Å². The van der Waals surface area contributed by atoms with Crippen molar-refractivity contribution >= 4 is 6.02 Å². The molecule has 0 unspecified atom stereocenters. The van der Waals surface area contributed by atoms with Crippen LogP contribution in [0.1, 0.15) is 34.6 Å². The van der Waals surface area contributed by atoms with Crippen LogP contribution in [0.15, 0.2) is 4.99 Å². The van der Waals surface area contributed by atoms with Crippen LogP contribution in [-0.4, -0.2) is 48.9 Å². The molecule has 1 aliphatic heterocycles. The summed E-state index contributed by atoms with van der Waals surface area (Å²) in [5.74, 6) is 0. The van der Waals surface area contributed by atoms with E-state index < -0.39 is 0 Å². The van der Waals surface area contributed by atoms with E-state index in [1.807, 2.05) is 20.9 Å². The topological polar surface area (TPSA) is 34.1 Å². The van der Waals surface area contributed by atoms with E-state index in [1.165, 1.54) is 0 Å². The molecular weight excluding hydrogens is 204 g/mol. The van der Waals surface area contributed by atoms with Crippen LogP contribution < -0.4 is 0 Å². The molecule has 0 radical (unpaired) electrons. The lowest BCUT2D eigenvalue weighted by Gasteiger charge is -2.24. The van der Waals surface area contributed by atoms with Crippen molar-refractivity contribution in [3.63, 3.8) is 0 Å². The molecule has 0 aromatic heterocycles. The number of ether oxygens (including phenoxy) is 2. The highest BCUT2D eigenvalue weighted by Gasteiger charge is 2.29. The van der Waals surface area contributed by atoms with Crippen LogP contribution in [0.4, 0.5) is 0 Å². The molecule has 0 aliphatic carbocycles. The van der Waals surface area contributed by atoms with Gasteiger partial charge in [-0.2, -0.15) is 0 Å². The first-order chi connectivity index (χ1) is 7.29. The number of likely N-dealkylation sites (N-methyl/N-ethyl adjacent to an activating group) is 1. The monoisotopic (exact) mass is 228 g/mol. The highest BCUT2D eigenvalue weighted by Crippen LogP contribution is 2.15.